The number of nitrogens with zero attached hydrogens (tertiary/aromatic N) is 3. The van der Waals surface area contributed by atoms with E-state index in [1.165, 1.54) is 6.07 Å². The van der Waals surface area contributed by atoms with Crippen LogP contribution in [0.4, 0.5) is 11.5 Å². The minimum atomic E-state index is -0.389. The number of benzene rings is 2. The van der Waals surface area contributed by atoms with Crippen molar-refractivity contribution in [1.29, 1.82) is 0 Å². The summed E-state index contributed by atoms with van der Waals surface area (Å²) in [6, 6.07) is 16.5. The van der Waals surface area contributed by atoms with Crippen molar-refractivity contribution < 1.29 is 4.92 Å². The number of aromatic nitrogens is 3. The Balaban J connectivity index is 1.63. The van der Waals surface area contributed by atoms with Gasteiger partial charge in [0.2, 0.25) is 0 Å². The molecule has 0 aliphatic carbocycles. The first-order valence-electron chi connectivity index (χ1n) is 8.94. The van der Waals surface area contributed by atoms with Crippen LogP contribution in [-0.4, -0.2) is 19.9 Å². The fraction of sp³-hybridized carbons (Fsp3) is 0.143. The fourth-order valence-corrected chi connectivity index (χ4v) is 3.21. The first-order chi connectivity index (χ1) is 13.5. The first-order valence-corrected chi connectivity index (χ1v) is 8.94. The van der Waals surface area contributed by atoms with E-state index >= 15 is 0 Å². The molecule has 7 nitrogen and oxygen atoms in total. The molecule has 0 fully saturated rings. The van der Waals surface area contributed by atoms with E-state index in [0.29, 0.717) is 11.6 Å². The van der Waals surface area contributed by atoms with Crippen molar-refractivity contribution in [2.75, 3.05) is 5.32 Å². The monoisotopic (exact) mass is 373 g/mol. The van der Waals surface area contributed by atoms with E-state index in [2.05, 4.69) is 32.4 Å². The van der Waals surface area contributed by atoms with Gasteiger partial charge in [-0.05, 0) is 36.9 Å². The van der Waals surface area contributed by atoms with Gasteiger partial charge in [-0.15, -0.1) is 0 Å². The van der Waals surface area contributed by atoms with Crippen molar-refractivity contribution in [3.8, 4) is 11.3 Å². The van der Waals surface area contributed by atoms with Gasteiger partial charge in [0.25, 0.3) is 5.69 Å². The molecule has 0 aliphatic rings. The lowest BCUT2D eigenvalue weighted by Gasteiger charge is -2.16. The summed E-state index contributed by atoms with van der Waals surface area (Å²) in [5.74, 6) is 1.32. The molecule has 0 radical (unpaired) electrons. The molecule has 0 spiro atoms. The molecule has 1 atom stereocenters. The van der Waals surface area contributed by atoms with Crippen LogP contribution >= 0.6 is 0 Å². The molecule has 28 heavy (non-hydrogen) atoms. The van der Waals surface area contributed by atoms with Gasteiger partial charge in [-0.1, -0.05) is 24.3 Å². The smallest absolute Gasteiger partial charge is 0.269 e. The average Bonchev–Trinajstić information content (AvgIpc) is 3.15. The molecule has 0 aliphatic heterocycles. The zero-order valence-electron chi connectivity index (χ0n) is 15.5. The Labute approximate surface area is 161 Å². The molecule has 0 saturated carbocycles. The highest BCUT2D eigenvalue weighted by atomic mass is 16.6. The lowest BCUT2D eigenvalue weighted by Crippen LogP contribution is -2.09. The van der Waals surface area contributed by atoms with Crippen molar-refractivity contribution in [3.63, 3.8) is 0 Å². The molecular formula is C21H19N5O2. The Morgan fingerprint density at radius 2 is 1.96 bits per heavy atom. The van der Waals surface area contributed by atoms with Gasteiger partial charge in [-0.2, -0.15) is 0 Å². The Morgan fingerprint density at radius 1 is 1.11 bits per heavy atom. The molecule has 0 amide bonds. The predicted octanol–water partition coefficient (Wildman–Crippen LogP) is 5.01. The highest BCUT2D eigenvalue weighted by Crippen LogP contribution is 2.26. The Morgan fingerprint density at radius 3 is 2.79 bits per heavy atom. The molecule has 2 aromatic carbocycles. The van der Waals surface area contributed by atoms with Crippen LogP contribution in [-0.2, 0) is 0 Å². The molecule has 2 aromatic heterocycles. The van der Waals surface area contributed by atoms with Crippen LogP contribution in [0.3, 0.4) is 0 Å². The number of nitro benzene ring substituents is 1. The quantitative estimate of drug-likeness (QED) is 0.378. The van der Waals surface area contributed by atoms with E-state index in [-0.39, 0.29) is 16.7 Å². The number of nitro groups is 1. The van der Waals surface area contributed by atoms with Crippen LogP contribution in [0.15, 0.2) is 60.8 Å². The second kappa shape index (κ2) is 7.11. The largest absolute Gasteiger partial charge is 0.363 e. The summed E-state index contributed by atoms with van der Waals surface area (Å²) in [6.45, 7) is 3.79. The number of hydrogen-bond donors (Lipinski definition) is 2. The molecule has 0 saturated heterocycles. The standard InChI is InChI=1S/C21H19N5O2/c1-13(16-4-3-5-18(10-16)26(27)28)23-21-12-20(24-14(2)25-21)17-7-6-15-8-9-22-19(15)11-17/h3-13,22H,1-2H3,(H,23,24,25). The third-order valence-electron chi connectivity index (χ3n) is 4.63. The van der Waals surface area contributed by atoms with E-state index in [4.69, 9.17) is 0 Å². The molecule has 4 rings (SSSR count). The van der Waals surface area contributed by atoms with Crippen LogP contribution in [0.5, 0.6) is 0 Å². The minimum Gasteiger partial charge on any atom is -0.363 e. The van der Waals surface area contributed by atoms with E-state index < -0.39 is 0 Å². The molecule has 7 heteroatoms. The topological polar surface area (TPSA) is 96.7 Å². The number of aromatic amines is 1. The van der Waals surface area contributed by atoms with Gasteiger partial charge in [0.15, 0.2) is 0 Å². The Hall–Kier alpha value is -3.74. The zero-order valence-corrected chi connectivity index (χ0v) is 15.5. The van der Waals surface area contributed by atoms with Gasteiger partial charge < -0.3 is 10.3 Å². The minimum absolute atomic E-state index is 0.0740. The summed E-state index contributed by atoms with van der Waals surface area (Å²) in [5, 5.41) is 15.5. The van der Waals surface area contributed by atoms with Crippen LogP contribution in [0, 0.1) is 17.0 Å². The molecule has 140 valence electrons. The van der Waals surface area contributed by atoms with Gasteiger partial charge in [0.05, 0.1) is 16.7 Å². The molecule has 2 heterocycles. The molecule has 0 bridgehead atoms. The van der Waals surface area contributed by atoms with E-state index in [1.807, 2.05) is 44.3 Å². The molecule has 4 aromatic rings. The summed E-state index contributed by atoms with van der Waals surface area (Å²) in [7, 11) is 0. The maximum atomic E-state index is 11.0. The van der Waals surface area contributed by atoms with Crippen molar-refractivity contribution in [2.45, 2.75) is 19.9 Å². The SMILES string of the molecule is Cc1nc(NC(C)c2cccc([N+](=O)[O-])c2)cc(-c2ccc3cc[nH]c3c2)n1. The van der Waals surface area contributed by atoms with Crippen LogP contribution < -0.4 is 5.32 Å². The number of rotatable bonds is 5. The summed E-state index contributed by atoms with van der Waals surface area (Å²) < 4.78 is 0. The first kappa shape index (κ1) is 17.7. The Kier molecular flexibility index (Phi) is 4.49. The second-order valence-electron chi connectivity index (χ2n) is 6.68. The number of aryl methyl sites for hydroxylation is 1. The van der Waals surface area contributed by atoms with Crippen molar-refractivity contribution in [3.05, 3.63) is 82.3 Å². The number of fused-ring (bicyclic) bond motifs is 1. The van der Waals surface area contributed by atoms with E-state index in [1.54, 1.807) is 12.1 Å². The second-order valence-corrected chi connectivity index (χ2v) is 6.68. The van der Waals surface area contributed by atoms with Gasteiger partial charge in [0.1, 0.15) is 11.6 Å². The number of non-ortho nitro benzene ring substituents is 1. The van der Waals surface area contributed by atoms with Crippen molar-refractivity contribution in [2.24, 2.45) is 0 Å². The summed E-state index contributed by atoms with van der Waals surface area (Å²) in [6.07, 6.45) is 1.91. The highest BCUT2D eigenvalue weighted by Gasteiger charge is 2.13. The summed E-state index contributed by atoms with van der Waals surface area (Å²) in [4.78, 5) is 22.9. The van der Waals surface area contributed by atoms with Gasteiger partial charge in [0, 0.05) is 35.5 Å². The zero-order chi connectivity index (χ0) is 19.7. The van der Waals surface area contributed by atoms with Gasteiger partial charge >= 0.3 is 0 Å². The lowest BCUT2D eigenvalue weighted by molar-refractivity contribution is -0.384. The Bertz CT molecular complexity index is 1170. The number of hydrogen-bond acceptors (Lipinski definition) is 5. The van der Waals surface area contributed by atoms with Gasteiger partial charge in [-0.25, -0.2) is 9.97 Å². The van der Waals surface area contributed by atoms with E-state index in [0.717, 1.165) is 27.7 Å². The van der Waals surface area contributed by atoms with E-state index in [9.17, 15) is 10.1 Å². The fourth-order valence-electron chi connectivity index (χ4n) is 3.21. The van der Waals surface area contributed by atoms with Crippen LogP contribution in [0.1, 0.15) is 24.4 Å². The lowest BCUT2D eigenvalue weighted by atomic mass is 10.1. The maximum Gasteiger partial charge on any atom is 0.269 e. The predicted molar refractivity (Wildman–Crippen MR) is 109 cm³/mol. The number of nitrogens with one attached hydrogen (secondary N) is 2. The number of anilines is 1. The summed E-state index contributed by atoms with van der Waals surface area (Å²) in [5.41, 5.74) is 3.75. The highest BCUT2D eigenvalue weighted by molar-refractivity contribution is 5.84. The maximum absolute atomic E-state index is 11.0. The number of H-pyrrole nitrogens is 1. The third-order valence-corrected chi connectivity index (χ3v) is 4.63. The van der Waals surface area contributed by atoms with Crippen LogP contribution in [0.2, 0.25) is 0 Å². The molecule has 1 unspecified atom stereocenters. The average molecular weight is 373 g/mol. The van der Waals surface area contributed by atoms with Crippen molar-refractivity contribution in [1.82, 2.24) is 15.0 Å². The van der Waals surface area contributed by atoms with Crippen LogP contribution in [0.25, 0.3) is 22.2 Å². The molecular weight excluding hydrogens is 354 g/mol. The molecule has 2 N–H and O–H groups in total. The normalized spacial score (nSPS) is 12.1. The summed E-state index contributed by atoms with van der Waals surface area (Å²) >= 11 is 0. The third kappa shape index (κ3) is 3.55. The van der Waals surface area contributed by atoms with Crippen molar-refractivity contribution >= 4 is 22.4 Å². The van der Waals surface area contributed by atoms with Gasteiger partial charge in [-0.3, -0.25) is 10.1 Å².